The second-order valence-electron chi connectivity index (χ2n) is 3.83. The molecule has 0 saturated heterocycles. The van der Waals surface area contributed by atoms with E-state index in [4.69, 9.17) is 0 Å². The normalized spacial score (nSPS) is 13.3. The highest BCUT2D eigenvalue weighted by Gasteiger charge is 2.08. The van der Waals surface area contributed by atoms with Crippen LogP contribution in [0.3, 0.4) is 0 Å². The fourth-order valence-electron chi connectivity index (χ4n) is 1.88. The first-order valence-corrected chi connectivity index (χ1v) is 5.08. The molecule has 1 aromatic carbocycles. The van der Waals surface area contributed by atoms with E-state index in [-0.39, 0.29) is 12.7 Å². The Hall–Kier alpha value is -1.32. The summed E-state index contributed by atoms with van der Waals surface area (Å²) in [4.78, 5) is 0. The van der Waals surface area contributed by atoms with Gasteiger partial charge in [0.15, 0.2) is 0 Å². The number of para-hydroxylation sites is 1. The van der Waals surface area contributed by atoms with Crippen LogP contribution in [0, 0.1) is 0 Å². The number of benzene rings is 1. The smallest absolute Gasteiger partial charge is 0.0702 e. The summed E-state index contributed by atoms with van der Waals surface area (Å²) in [7, 11) is 0. The maximum Gasteiger partial charge on any atom is 0.0702 e. The van der Waals surface area contributed by atoms with Gasteiger partial charge < -0.3 is 14.8 Å². The number of nitrogens with zero attached hydrogens (tertiary/aromatic N) is 1. The third-order valence-corrected chi connectivity index (χ3v) is 2.50. The Morgan fingerprint density at radius 3 is 2.73 bits per heavy atom. The van der Waals surface area contributed by atoms with Crippen LogP contribution < -0.4 is 0 Å². The molecule has 0 aliphatic carbocycles. The molecule has 1 unspecified atom stereocenters. The van der Waals surface area contributed by atoms with E-state index < -0.39 is 0 Å². The predicted octanol–water partition coefficient (Wildman–Crippen LogP) is 1.51. The van der Waals surface area contributed by atoms with Crippen LogP contribution in [0.4, 0.5) is 0 Å². The zero-order valence-electron chi connectivity index (χ0n) is 8.72. The van der Waals surface area contributed by atoms with Crippen molar-refractivity contribution in [3.05, 3.63) is 36.0 Å². The number of aliphatic hydroxyl groups excluding tert-OH is 2. The van der Waals surface area contributed by atoms with Crippen LogP contribution >= 0.6 is 0 Å². The molecular weight excluding hydrogens is 190 g/mol. The summed E-state index contributed by atoms with van der Waals surface area (Å²) in [6.07, 6.45) is 1.52. The van der Waals surface area contributed by atoms with E-state index in [2.05, 4.69) is 0 Å². The topological polar surface area (TPSA) is 45.4 Å². The van der Waals surface area contributed by atoms with Gasteiger partial charge in [0, 0.05) is 29.2 Å². The van der Waals surface area contributed by atoms with Crippen molar-refractivity contribution in [2.45, 2.75) is 26.2 Å². The highest BCUT2D eigenvalue weighted by molar-refractivity contribution is 5.83. The zero-order valence-corrected chi connectivity index (χ0v) is 8.72. The molecule has 0 aliphatic heterocycles. The molecule has 0 bridgehead atoms. The van der Waals surface area contributed by atoms with E-state index in [1.807, 2.05) is 35.0 Å². The molecule has 0 saturated carbocycles. The molecule has 2 N–H and O–H groups in total. The summed E-state index contributed by atoms with van der Waals surface area (Å²) in [6.45, 7) is 2.35. The van der Waals surface area contributed by atoms with E-state index in [9.17, 15) is 10.2 Å². The van der Waals surface area contributed by atoms with Gasteiger partial charge in [-0.3, -0.25) is 0 Å². The van der Waals surface area contributed by atoms with Gasteiger partial charge in [-0.05, 0) is 13.0 Å². The minimum Gasteiger partial charge on any atom is -0.392 e. The lowest BCUT2D eigenvalue weighted by Crippen LogP contribution is -2.10. The molecule has 2 rings (SSSR count). The Kier molecular flexibility index (Phi) is 2.75. The van der Waals surface area contributed by atoms with Gasteiger partial charge in [0.2, 0.25) is 0 Å². The van der Waals surface area contributed by atoms with Crippen LogP contribution in [-0.2, 0) is 13.2 Å². The molecule has 0 fully saturated rings. The molecule has 3 heteroatoms. The summed E-state index contributed by atoms with van der Waals surface area (Å²) in [6, 6.07) is 7.90. The number of rotatable bonds is 3. The summed E-state index contributed by atoms with van der Waals surface area (Å²) >= 11 is 0. The lowest BCUT2D eigenvalue weighted by molar-refractivity contribution is 0.175. The summed E-state index contributed by atoms with van der Waals surface area (Å²) in [5.74, 6) is 0. The van der Waals surface area contributed by atoms with Crippen molar-refractivity contribution in [2.75, 3.05) is 0 Å². The van der Waals surface area contributed by atoms with Gasteiger partial charge in [0.25, 0.3) is 0 Å². The Balaban J connectivity index is 2.55. The molecule has 80 valence electrons. The summed E-state index contributed by atoms with van der Waals surface area (Å²) in [5.41, 5.74) is 1.97. The first-order chi connectivity index (χ1) is 7.22. The predicted molar refractivity (Wildman–Crippen MR) is 59.5 cm³/mol. The Morgan fingerprint density at radius 1 is 1.33 bits per heavy atom. The lowest BCUT2D eigenvalue weighted by Gasteiger charge is -2.06. The molecule has 0 radical (unpaired) electrons. The van der Waals surface area contributed by atoms with Crippen molar-refractivity contribution >= 4 is 10.9 Å². The second-order valence-corrected chi connectivity index (χ2v) is 3.83. The summed E-state index contributed by atoms with van der Waals surface area (Å²) in [5, 5.41) is 19.6. The van der Waals surface area contributed by atoms with Gasteiger partial charge in [0.1, 0.15) is 0 Å². The zero-order chi connectivity index (χ0) is 10.8. The molecule has 2 aromatic rings. The molecule has 1 heterocycles. The van der Waals surface area contributed by atoms with E-state index in [0.29, 0.717) is 6.54 Å². The van der Waals surface area contributed by atoms with E-state index in [1.165, 1.54) is 0 Å². The first kappa shape index (κ1) is 10.2. The Bertz CT molecular complexity index is 460. The standard InChI is InChI=1S/C12H15NO2/c1-9(15)6-13-7-10(8-14)11-4-2-3-5-12(11)13/h2-5,7,9,14-15H,6,8H2,1H3. The number of hydrogen-bond donors (Lipinski definition) is 2. The van der Waals surface area contributed by atoms with Crippen LogP contribution in [-0.4, -0.2) is 20.9 Å². The van der Waals surface area contributed by atoms with Gasteiger partial charge in [-0.2, -0.15) is 0 Å². The average molecular weight is 205 g/mol. The van der Waals surface area contributed by atoms with Crippen LogP contribution in [0.25, 0.3) is 10.9 Å². The third kappa shape index (κ3) is 1.89. The molecule has 15 heavy (non-hydrogen) atoms. The monoisotopic (exact) mass is 205 g/mol. The van der Waals surface area contributed by atoms with Crippen molar-refractivity contribution < 1.29 is 10.2 Å². The third-order valence-electron chi connectivity index (χ3n) is 2.50. The van der Waals surface area contributed by atoms with Crippen molar-refractivity contribution in [1.82, 2.24) is 4.57 Å². The molecule has 0 spiro atoms. The maximum absolute atomic E-state index is 9.36. The van der Waals surface area contributed by atoms with E-state index in [0.717, 1.165) is 16.5 Å². The molecule has 3 nitrogen and oxygen atoms in total. The van der Waals surface area contributed by atoms with Gasteiger partial charge in [-0.1, -0.05) is 18.2 Å². The number of fused-ring (bicyclic) bond motifs is 1. The summed E-state index contributed by atoms with van der Waals surface area (Å²) < 4.78 is 1.98. The van der Waals surface area contributed by atoms with Gasteiger partial charge in [-0.25, -0.2) is 0 Å². The maximum atomic E-state index is 9.36. The van der Waals surface area contributed by atoms with Crippen molar-refractivity contribution in [3.63, 3.8) is 0 Å². The highest BCUT2D eigenvalue weighted by atomic mass is 16.3. The van der Waals surface area contributed by atoms with E-state index in [1.54, 1.807) is 6.92 Å². The van der Waals surface area contributed by atoms with Crippen LogP contribution in [0.15, 0.2) is 30.5 Å². The number of aromatic nitrogens is 1. The molecule has 1 atom stereocenters. The molecular formula is C12H15NO2. The van der Waals surface area contributed by atoms with E-state index >= 15 is 0 Å². The average Bonchev–Trinajstić information content (AvgIpc) is 2.56. The van der Waals surface area contributed by atoms with Crippen molar-refractivity contribution in [1.29, 1.82) is 0 Å². The largest absolute Gasteiger partial charge is 0.392 e. The lowest BCUT2D eigenvalue weighted by atomic mass is 10.2. The highest BCUT2D eigenvalue weighted by Crippen LogP contribution is 2.21. The fourth-order valence-corrected chi connectivity index (χ4v) is 1.88. The minimum absolute atomic E-state index is 0.0350. The van der Waals surface area contributed by atoms with Crippen LogP contribution in [0.5, 0.6) is 0 Å². The number of hydrogen-bond acceptors (Lipinski definition) is 2. The molecule has 0 aliphatic rings. The van der Waals surface area contributed by atoms with Crippen LogP contribution in [0.2, 0.25) is 0 Å². The number of aliphatic hydroxyl groups is 2. The fraction of sp³-hybridized carbons (Fsp3) is 0.333. The quantitative estimate of drug-likeness (QED) is 0.798. The molecule has 0 amide bonds. The first-order valence-electron chi connectivity index (χ1n) is 5.08. The minimum atomic E-state index is -0.382. The SMILES string of the molecule is CC(O)Cn1cc(CO)c2ccccc21. The van der Waals surface area contributed by atoms with Crippen molar-refractivity contribution in [3.8, 4) is 0 Å². The Morgan fingerprint density at radius 2 is 2.07 bits per heavy atom. The van der Waals surface area contributed by atoms with Gasteiger partial charge in [0.05, 0.1) is 12.7 Å². The van der Waals surface area contributed by atoms with Crippen molar-refractivity contribution in [2.24, 2.45) is 0 Å². The molecule has 1 aromatic heterocycles. The Labute approximate surface area is 88.6 Å². The van der Waals surface area contributed by atoms with Crippen LogP contribution in [0.1, 0.15) is 12.5 Å². The van der Waals surface area contributed by atoms with Gasteiger partial charge >= 0.3 is 0 Å². The van der Waals surface area contributed by atoms with Gasteiger partial charge in [-0.15, -0.1) is 0 Å². The second kappa shape index (κ2) is 4.04.